The van der Waals surface area contributed by atoms with Crippen LogP contribution in [-0.4, -0.2) is 11.1 Å². The Balaban J connectivity index is 1.71. The van der Waals surface area contributed by atoms with Gasteiger partial charge in [0, 0.05) is 12.1 Å². The monoisotopic (exact) mass is 298 g/mol. The molecule has 1 aromatic carbocycles. The highest BCUT2D eigenvalue weighted by molar-refractivity contribution is 5.93. The Bertz CT molecular complexity index is 675. The van der Waals surface area contributed by atoms with Crippen LogP contribution in [0.15, 0.2) is 28.8 Å². The summed E-state index contributed by atoms with van der Waals surface area (Å²) in [5.41, 5.74) is 4.27. The van der Waals surface area contributed by atoms with Crippen LogP contribution in [0.1, 0.15) is 52.7 Å². The van der Waals surface area contributed by atoms with E-state index in [0.717, 1.165) is 42.5 Å². The SMILES string of the molecule is CCC1CCc2noc(C(=O)NCc3ccccc3C)c2C1. The van der Waals surface area contributed by atoms with Crippen molar-refractivity contribution in [3.8, 4) is 0 Å². The van der Waals surface area contributed by atoms with E-state index in [0.29, 0.717) is 18.2 Å². The zero-order valence-electron chi connectivity index (χ0n) is 13.2. The summed E-state index contributed by atoms with van der Waals surface area (Å²) in [5.74, 6) is 0.880. The van der Waals surface area contributed by atoms with Crippen molar-refractivity contribution in [3.63, 3.8) is 0 Å². The fraction of sp³-hybridized carbons (Fsp3) is 0.444. The first kappa shape index (κ1) is 14.8. The lowest BCUT2D eigenvalue weighted by molar-refractivity contribution is 0.0912. The van der Waals surface area contributed by atoms with Crippen molar-refractivity contribution in [2.45, 2.75) is 46.1 Å². The van der Waals surface area contributed by atoms with Crippen LogP contribution >= 0.6 is 0 Å². The summed E-state index contributed by atoms with van der Waals surface area (Å²) < 4.78 is 5.33. The summed E-state index contributed by atoms with van der Waals surface area (Å²) >= 11 is 0. The zero-order chi connectivity index (χ0) is 15.5. The molecule has 0 radical (unpaired) electrons. The van der Waals surface area contributed by atoms with Crippen LogP contribution in [0.4, 0.5) is 0 Å². The van der Waals surface area contributed by atoms with Crippen molar-refractivity contribution in [1.82, 2.24) is 10.5 Å². The van der Waals surface area contributed by atoms with Crippen molar-refractivity contribution in [1.29, 1.82) is 0 Å². The van der Waals surface area contributed by atoms with Crippen molar-refractivity contribution in [2.75, 3.05) is 0 Å². The molecule has 1 heterocycles. The minimum Gasteiger partial charge on any atom is -0.350 e. The standard InChI is InChI=1S/C18H22N2O2/c1-3-13-8-9-16-15(10-13)17(22-20-16)18(21)19-11-14-7-5-4-6-12(14)2/h4-7,13H,3,8-11H2,1-2H3,(H,19,21). The smallest absolute Gasteiger partial charge is 0.290 e. The fourth-order valence-corrected chi connectivity index (χ4v) is 3.07. The number of amides is 1. The first-order valence-electron chi connectivity index (χ1n) is 7.99. The van der Waals surface area contributed by atoms with Crippen LogP contribution in [0.3, 0.4) is 0 Å². The second-order valence-corrected chi connectivity index (χ2v) is 6.06. The Morgan fingerprint density at radius 3 is 3.00 bits per heavy atom. The third-order valence-electron chi connectivity index (χ3n) is 4.64. The molecule has 0 saturated heterocycles. The first-order valence-corrected chi connectivity index (χ1v) is 7.99. The van der Waals surface area contributed by atoms with Crippen LogP contribution < -0.4 is 5.32 Å². The molecule has 22 heavy (non-hydrogen) atoms. The minimum absolute atomic E-state index is 0.159. The van der Waals surface area contributed by atoms with Crippen LogP contribution in [0.25, 0.3) is 0 Å². The third-order valence-corrected chi connectivity index (χ3v) is 4.64. The number of hydrogen-bond donors (Lipinski definition) is 1. The molecule has 0 bridgehead atoms. The van der Waals surface area contributed by atoms with Gasteiger partial charge in [0.15, 0.2) is 0 Å². The molecule has 1 atom stereocenters. The molecule has 0 saturated carbocycles. The second kappa shape index (κ2) is 6.34. The molecule has 1 N–H and O–H groups in total. The largest absolute Gasteiger partial charge is 0.350 e. The van der Waals surface area contributed by atoms with E-state index in [1.54, 1.807) is 0 Å². The number of hydrogen-bond acceptors (Lipinski definition) is 3. The Morgan fingerprint density at radius 1 is 1.41 bits per heavy atom. The number of rotatable bonds is 4. The van der Waals surface area contributed by atoms with Gasteiger partial charge in [-0.2, -0.15) is 0 Å². The minimum atomic E-state index is -0.159. The molecule has 1 aliphatic carbocycles. The van der Waals surface area contributed by atoms with E-state index in [9.17, 15) is 4.79 Å². The van der Waals surface area contributed by atoms with Gasteiger partial charge < -0.3 is 9.84 Å². The normalized spacial score (nSPS) is 17.1. The Labute approximate surface area is 130 Å². The Hall–Kier alpha value is -2.10. The lowest BCUT2D eigenvalue weighted by Gasteiger charge is -2.19. The number of carbonyl (C=O) groups is 1. The van der Waals surface area contributed by atoms with Crippen molar-refractivity contribution in [3.05, 3.63) is 52.4 Å². The van der Waals surface area contributed by atoms with E-state index < -0.39 is 0 Å². The molecule has 1 aromatic heterocycles. The predicted octanol–water partition coefficient (Wildman–Crippen LogP) is 3.43. The quantitative estimate of drug-likeness (QED) is 0.941. The molecular formula is C18H22N2O2. The van der Waals surface area contributed by atoms with Gasteiger partial charge in [0.1, 0.15) is 0 Å². The average Bonchev–Trinajstić information content (AvgIpc) is 2.96. The van der Waals surface area contributed by atoms with Crippen LogP contribution in [-0.2, 0) is 19.4 Å². The number of benzene rings is 1. The van der Waals surface area contributed by atoms with Gasteiger partial charge in [-0.1, -0.05) is 42.8 Å². The summed E-state index contributed by atoms with van der Waals surface area (Å²) in [6.07, 6.45) is 4.10. The maximum atomic E-state index is 12.4. The molecule has 0 fully saturated rings. The molecule has 0 spiro atoms. The Morgan fingerprint density at radius 2 is 2.23 bits per heavy atom. The molecule has 1 aliphatic rings. The number of nitrogens with zero attached hydrogens (tertiary/aromatic N) is 1. The summed E-state index contributed by atoms with van der Waals surface area (Å²) in [7, 11) is 0. The van der Waals surface area contributed by atoms with Gasteiger partial charge in [-0.05, 0) is 43.2 Å². The van der Waals surface area contributed by atoms with E-state index in [2.05, 4.69) is 17.4 Å². The number of carbonyl (C=O) groups excluding carboxylic acids is 1. The highest BCUT2D eigenvalue weighted by Gasteiger charge is 2.27. The summed E-state index contributed by atoms with van der Waals surface area (Å²) in [4.78, 5) is 12.4. The predicted molar refractivity (Wildman–Crippen MR) is 84.7 cm³/mol. The van der Waals surface area contributed by atoms with E-state index in [1.165, 1.54) is 5.56 Å². The van der Waals surface area contributed by atoms with Gasteiger partial charge in [0.25, 0.3) is 5.91 Å². The van der Waals surface area contributed by atoms with E-state index in [4.69, 9.17) is 4.52 Å². The topological polar surface area (TPSA) is 55.1 Å². The first-order chi connectivity index (χ1) is 10.7. The molecule has 116 valence electrons. The van der Waals surface area contributed by atoms with Crippen LogP contribution in [0.5, 0.6) is 0 Å². The lowest BCUT2D eigenvalue weighted by atomic mass is 9.85. The molecule has 4 heteroatoms. The molecular weight excluding hydrogens is 276 g/mol. The number of nitrogens with one attached hydrogen (secondary N) is 1. The summed E-state index contributed by atoms with van der Waals surface area (Å²) in [6.45, 7) is 4.75. The zero-order valence-corrected chi connectivity index (χ0v) is 13.2. The van der Waals surface area contributed by atoms with Crippen molar-refractivity contribution < 1.29 is 9.32 Å². The van der Waals surface area contributed by atoms with Gasteiger partial charge >= 0.3 is 0 Å². The molecule has 0 aliphatic heterocycles. The lowest BCUT2D eigenvalue weighted by Crippen LogP contribution is -2.25. The number of aryl methyl sites for hydroxylation is 2. The maximum Gasteiger partial charge on any atom is 0.290 e. The van der Waals surface area contributed by atoms with Crippen LogP contribution in [0, 0.1) is 12.8 Å². The van der Waals surface area contributed by atoms with Gasteiger partial charge in [-0.15, -0.1) is 0 Å². The Kier molecular flexibility index (Phi) is 4.27. The second-order valence-electron chi connectivity index (χ2n) is 6.06. The molecule has 2 aromatic rings. The van der Waals surface area contributed by atoms with Crippen LogP contribution in [0.2, 0.25) is 0 Å². The summed E-state index contributed by atoms with van der Waals surface area (Å²) in [6, 6.07) is 8.05. The van der Waals surface area contributed by atoms with Crippen molar-refractivity contribution in [2.24, 2.45) is 5.92 Å². The van der Waals surface area contributed by atoms with Crippen molar-refractivity contribution >= 4 is 5.91 Å². The highest BCUT2D eigenvalue weighted by atomic mass is 16.5. The van der Waals surface area contributed by atoms with E-state index >= 15 is 0 Å². The average molecular weight is 298 g/mol. The van der Waals surface area contributed by atoms with E-state index in [1.807, 2.05) is 31.2 Å². The van der Waals surface area contributed by atoms with Gasteiger partial charge in [0.2, 0.25) is 5.76 Å². The van der Waals surface area contributed by atoms with Gasteiger partial charge in [-0.25, -0.2) is 0 Å². The van der Waals surface area contributed by atoms with Gasteiger partial charge in [-0.3, -0.25) is 4.79 Å². The third kappa shape index (κ3) is 2.91. The molecule has 1 unspecified atom stereocenters. The maximum absolute atomic E-state index is 12.4. The molecule has 4 nitrogen and oxygen atoms in total. The fourth-order valence-electron chi connectivity index (χ4n) is 3.07. The number of aromatic nitrogens is 1. The number of fused-ring (bicyclic) bond motifs is 1. The molecule has 3 rings (SSSR count). The summed E-state index contributed by atoms with van der Waals surface area (Å²) in [5, 5.41) is 7.04. The highest BCUT2D eigenvalue weighted by Crippen LogP contribution is 2.29. The molecule has 1 amide bonds. The van der Waals surface area contributed by atoms with E-state index in [-0.39, 0.29) is 5.91 Å². The van der Waals surface area contributed by atoms with Gasteiger partial charge in [0.05, 0.1) is 5.69 Å².